The molecule has 1 aliphatic heterocycles. The van der Waals surface area contributed by atoms with Gasteiger partial charge < -0.3 is 10.2 Å². The van der Waals surface area contributed by atoms with Crippen LogP contribution in [0.25, 0.3) is 0 Å². The number of hydrogen-bond acceptors (Lipinski definition) is 2. The van der Waals surface area contributed by atoms with Crippen molar-refractivity contribution in [3.8, 4) is 0 Å². The molecule has 2 bridgehead atoms. The fourth-order valence-corrected chi connectivity index (χ4v) is 4.97. The van der Waals surface area contributed by atoms with Crippen LogP contribution in [0.2, 0.25) is 0 Å². The molecule has 4 rings (SSSR count). The first-order chi connectivity index (χ1) is 10.3. The molecule has 2 saturated carbocycles. The van der Waals surface area contributed by atoms with Crippen molar-refractivity contribution >= 4 is 17.3 Å². The molecule has 112 valence electrons. The van der Waals surface area contributed by atoms with Gasteiger partial charge in [-0.1, -0.05) is 6.42 Å². The lowest BCUT2D eigenvalue weighted by Gasteiger charge is -2.32. The SMILES string of the molecule is S=C(N[C@H]1C[C@H]2CC[C@H]1C2)N1CCC[C@@H]1c1ccncc1. The summed E-state index contributed by atoms with van der Waals surface area (Å²) in [6.45, 7) is 1.08. The summed E-state index contributed by atoms with van der Waals surface area (Å²) >= 11 is 5.74. The van der Waals surface area contributed by atoms with Crippen molar-refractivity contribution in [3.05, 3.63) is 30.1 Å². The predicted octanol–water partition coefficient (Wildman–Crippen LogP) is 3.28. The Balaban J connectivity index is 1.44. The van der Waals surface area contributed by atoms with Gasteiger partial charge in [0, 0.05) is 25.0 Å². The molecule has 3 aliphatic rings. The van der Waals surface area contributed by atoms with Crippen LogP contribution in [0.3, 0.4) is 0 Å². The topological polar surface area (TPSA) is 28.2 Å². The van der Waals surface area contributed by atoms with Crippen LogP contribution in [0, 0.1) is 11.8 Å². The fourth-order valence-electron chi connectivity index (χ4n) is 4.60. The Kier molecular flexibility index (Phi) is 3.57. The number of thiocarbonyl (C=S) groups is 1. The summed E-state index contributed by atoms with van der Waals surface area (Å²) in [5.74, 6) is 1.83. The van der Waals surface area contributed by atoms with Crippen molar-refractivity contribution in [2.24, 2.45) is 11.8 Å². The molecule has 0 amide bonds. The Labute approximate surface area is 132 Å². The zero-order valence-corrected chi connectivity index (χ0v) is 13.2. The monoisotopic (exact) mass is 301 g/mol. The zero-order chi connectivity index (χ0) is 14.2. The summed E-state index contributed by atoms with van der Waals surface area (Å²) in [5, 5.41) is 4.67. The van der Waals surface area contributed by atoms with Crippen LogP contribution in [0.4, 0.5) is 0 Å². The number of nitrogens with one attached hydrogen (secondary N) is 1. The van der Waals surface area contributed by atoms with Gasteiger partial charge in [0.05, 0.1) is 6.04 Å². The van der Waals surface area contributed by atoms with E-state index in [1.54, 1.807) is 0 Å². The van der Waals surface area contributed by atoms with Crippen LogP contribution in [0.1, 0.15) is 50.1 Å². The molecule has 3 nitrogen and oxygen atoms in total. The van der Waals surface area contributed by atoms with Gasteiger partial charge in [-0.05, 0) is 73.9 Å². The molecular formula is C17H23N3S. The Hall–Kier alpha value is -1.16. The van der Waals surface area contributed by atoms with E-state index in [1.165, 1.54) is 44.1 Å². The average molecular weight is 301 g/mol. The van der Waals surface area contributed by atoms with Crippen LogP contribution < -0.4 is 5.32 Å². The third-order valence-electron chi connectivity index (χ3n) is 5.65. The number of nitrogens with zero attached hydrogens (tertiary/aromatic N) is 2. The maximum Gasteiger partial charge on any atom is 0.169 e. The van der Waals surface area contributed by atoms with Crippen LogP contribution in [0.15, 0.2) is 24.5 Å². The number of fused-ring (bicyclic) bond motifs is 2. The molecule has 2 heterocycles. The first-order valence-corrected chi connectivity index (χ1v) is 8.69. The molecule has 0 unspecified atom stereocenters. The van der Waals surface area contributed by atoms with Gasteiger partial charge in [0.25, 0.3) is 0 Å². The molecule has 1 saturated heterocycles. The van der Waals surface area contributed by atoms with Crippen LogP contribution in [0.5, 0.6) is 0 Å². The number of likely N-dealkylation sites (tertiary alicyclic amines) is 1. The third-order valence-corrected chi connectivity index (χ3v) is 6.00. The lowest BCUT2D eigenvalue weighted by molar-refractivity contribution is 0.350. The van der Waals surface area contributed by atoms with E-state index in [0.717, 1.165) is 23.5 Å². The van der Waals surface area contributed by atoms with Gasteiger partial charge in [-0.25, -0.2) is 0 Å². The molecule has 21 heavy (non-hydrogen) atoms. The molecule has 0 aromatic carbocycles. The van der Waals surface area contributed by atoms with Gasteiger partial charge in [0.15, 0.2) is 5.11 Å². The average Bonchev–Trinajstić information content (AvgIpc) is 3.24. The molecule has 0 radical (unpaired) electrons. The summed E-state index contributed by atoms with van der Waals surface area (Å²) in [5.41, 5.74) is 1.35. The van der Waals surface area contributed by atoms with Gasteiger partial charge in [-0.2, -0.15) is 0 Å². The van der Waals surface area contributed by atoms with Crippen molar-refractivity contribution in [1.29, 1.82) is 0 Å². The third kappa shape index (κ3) is 2.54. The highest BCUT2D eigenvalue weighted by molar-refractivity contribution is 7.80. The predicted molar refractivity (Wildman–Crippen MR) is 87.9 cm³/mol. The zero-order valence-electron chi connectivity index (χ0n) is 12.4. The first kappa shape index (κ1) is 13.5. The highest BCUT2D eigenvalue weighted by Crippen LogP contribution is 2.44. The van der Waals surface area contributed by atoms with Crippen molar-refractivity contribution in [2.45, 2.75) is 50.6 Å². The summed E-state index contributed by atoms with van der Waals surface area (Å²) in [7, 11) is 0. The second kappa shape index (κ2) is 5.56. The minimum atomic E-state index is 0.437. The molecule has 1 aromatic rings. The van der Waals surface area contributed by atoms with E-state index >= 15 is 0 Å². The number of aromatic nitrogens is 1. The maximum absolute atomic E-state index is 5.74. The summed E-state index contributed by atoms with van der Waals surface area (Å²) in [6, 6.07) is 5.33. The van der Waals surface area contributed by atoms with E-state index in [9.17, 15) is 0 Å². The standard InChI is InChI=1S/C17H23N3S/c21-17(19-15-11-12-3-4-14(15)10-12)20-9-1-2-16(20)13-5-7-18-8-6-13/h5-8,12,14-16H,1-4,9-11H2,(H,19,21)/t12-,14-,15-,16+/m0/s1. The summed E-state index contributed by atoms with van der Waals surface area (Å²) in [4.78, 5) is 6.53. The molecule has 2 aliphatic carbocycles. The number of pyridine rings is 1. The van der Waals surface area contributed by atoms with Gasteiger partial charge in [-0.15, -0.1) is 0 Å². The van der Waals surface area contributed by atoms with E-state index in [0.29, 0.717) is 12.1 Å². The number of rotatable bonds is 2. The second-order valence-corrected chi connectivity index (χ2v) is 7.25. The highest BCUT2D eigenvalue weighted by Gasteiger charge is 2.40. The molecule has 1 N–H and O–H groups in total. The normalized spacial score (nSPS) is 34.4. The highest BCUT2D eigenvalue weighted by atomic mass is 32.1. The van der Waals surface area contributed by atoms with Gasteiger partial charge in [-0.3, -0.25) is 4.98 Å². The Morgan fingerprint density at radius 2 is 2.05 bits per heavy atom. The van der Waals surface area contributed by atoms with E-state index in [-0.39, 0.29) is 0 Å². The largest absolute Gasteiger partial charge is 0.360 e. The van der Waals surface area contributed by atoms with Gasteiger partial charge >= 0.3 is 0 Å². The smallest absolute Gasteiger partial charge is 0.169 e. The molecule has 1 aromatic heterocycles. The van der Waals surface area contributed by atoms with Crippen molar-refractivity contribution in [3.63, 3.8) is 0 Å². The Bertz CT molecular complexity index is 518. The lowest BCUT2D eigenvalue weighted by atomic mass is 9.95. The quantitative estimate of drug-likeness (QED) is 0.849. The number of hydrogen-bond donors (Lipinski definition) is 1. The minimum Gasteiger partial charge on any atom is -0.360 e. The second-order valence-electron chi connectivity index (χ2n) is 6.86. The lowest BCUT2D eigenvalue weighted by Crippen LogP contribution is -2.46. The van der Waals surface area contributed by atoms with E-state index in [4.69, 9.17) is 12.2 Å². The van der Waals surface area contributed by atoms with Crippen molar-refractivity contribution < 1.29 is 0 Å². The Morgan fingerprint density at radius 3 is 2.76 bits per heavy atom. The molecule has 3 fully saturated rings. The van der Waals surface area contributed by atoms with E-state index in [2.05, 4.69) is 27.3 Å². The fraction of sp³-hybridized carbons (Fsp3) is 0.647. The molecule has 0 spiro atoms. The Morgan fingerprint density at radius 1 is 1.19 bits per heavy atom. The molecule has 4 heteroatoms. The molecule has 4 atom stereocenters. The van der Waals surface area contributed by atoms with Gasteiger partial charge in [0.1, 0.15) is 0 Å². The summed E-state index contributed by atoms with van der Waals surface area (Å²) in [6.07, 6.45) is 11.8. The van der Waals surface area contributed by atoms with E-state index < -0.39 is 0 Å². The summed E-state index contributed by atoms with van der Waals surface area (Å²) < 4.78 is 0. The van der Waals surface area contributed by atoms with Crippen molar-refractivity contribution in [1.82, 2.24) is 15.2 Å². The van der Waals surface area contributed by atoms with Crippen LogP contribution >= 0.6 is 12.2 Å². The van der Waals surface area contributed by atoms with Crippen molar-refractivity contribution in [2.75, 3.05) is 6.54 Å². The van der Waals surface area contributed by atoms with E-state index in [1.807, 2.05) is 12.4 Å². The maximum atomic E-state index is 5.74. The minimum absolute atomic E-state index is 0.437. The molecular weight excluding hydrogens is 278 g/mol. The van der Waals surface area contributed by atoms with Gasteiger partial charge in [0.2, 0.25) is 0 Å². The first-order valence-electron chi connectivity index (χ1n) is 8.28. The van der Waals surface area contributed by atoms with Crippen LogP contribution in [-0.4, -0.2) is 27.6 Å². The van der Waals surface area contributed by atoms with Crippen LogP contribution in [-0.2, 0) is 0 Å².